The second-order valence-corrected chi connectivity index (χ2v) is 7.60. The van der Waals surface area contributed by atoms with Crippen molar-refractivity contribution >= 4 is 18.2 Å². The van der Waals surface area contributed by atoms with E-state index in [1.807, 2.05) is 6.92 Å². The fourth-order valence-electron chi connectivity index (χ4n) is 1.56. The summed E-state index contributed by atoms with van der Waals surface area (Å²) >= 11 is 0. The highest BCUT2D eigenvalue weighted by Crippen LogP contribution is 2.08. The molecule has 2 amide bonds. The molecule has 0 radical (unpaired) electrons. The Balaban J connectivity index is 4.74. The second kappa shape index (κ2) is 10.1. The van der Waals surface area contributed by atoms with E-state index >= 15 is 0 Å². The minimum Gasteiger partial charge on any atom is -0.464 e. The van der Waals surface area contributed by atoms with Crippen LogP contribution in [0.4, 0.5) is 9.59 Å². The van der Waals surface area contributed by atoms with Gasteiger partial charge < -0.3 is 24.8 Å². The van der Waals surface area contributed by atoms with Crippen molar-refractivity contribution < 1.29 is 28.6 Å². The number of unbranched alkanes of at least 4 members (excludes halogenated alkanes) is 1. The number of nitrogens with one attached hydrogen (secondary N) is 2. The van der Waals surface area contributed by atoms with Crippen molar-refractivity contribution in [2.45, 2.75) is 78.6 Å². The zero-order valence-electron chi connectivity index (χ0n) is 16.4. The van der Waals surface area contributed by atoms with Gasteiger partial charge in [-0.25, -0.2) is 14.4 Å². The highest BCUT2D eigenvalue weighted by atomic mass is 16.6. The van der Waals surface area contributed by atoms with Crippen LogP contribution in [0.25, 0.3) is 0 Å². The molecule has 0 saturated carbocycles. The summed E-state index contributed by atoms with van der Waals surface area (Å²) in [6.07, 6.45) is 0.124. The molecule has 0 saturated heterocycles. The van der Waals surface area contributed by atoms with E-state index in [4.69, 9.17) is 14.2 Å². The quantitative estimate of drug-likeness (QED) is 0.411. The Kier molecular flexibility index (Phi) is 9.30. The summed E-state index contributed by atoms with van der Waals surface area (Å²) in [6, 6.07) is -1.07. The van der Waals surface area contributed by atoms with Crippen molar-refractivity contribution in [2.24, 2.45) is 0 Å². The number of carbonyl (C=O) groups is 3. The summed E-state index contributed by atoms with van der Waals surface area (Å²) < 4.78 is 15.3. The Morgan fingerprint density at radius 3 is 1.92 bits per heavy atom. The number of alkyl carbamates (subject to hydrolysis) is 2. The number of hydrogen-bond acceptors (Lipinski definition) is 6. The van der Waals surface area contributed by atoms with E-state index in [-0.39, 0.29) is 13.2 Å². The average Bonchev–Trinajstić information content (AvgIpc) is 2.39. The first kappa shape index (κ1) is 23.0. The lowest BCUT2D eigenvalue weighted by molar-refractivity contribution is -0.146. The summed E-state index contributed by atoms with van der Waals surface area (Å²) in [6.45, 7) is 12.3. The molecule has 0 bridgehead atoms. The van der Waals surface area contributed by atoms with Crippen LogP contribution in [0.15, 0.2) is 0 Å². The predicted octanol–water partition coefficient (Wildman–Crippen LogP) is 2.75. The number of esters is 1. The number of carbonyl (C=O) groups excluding carboxylic acids is 3. The summed E-state index contributed by atoms with van der Waals surface area (Å²) in [5.41, 5.74) is -1.38. The van der Waals surface area contributed by atoms with Gasteiger partial charge in [0, 0.05) is 0 Å². The van der Waals surface area contributed by atoms with E-state index < -0.39 is 35.4 Å². The molecule has 0 aliphatic heterocycles. The lowest BCUT2D eigenvalue weighted by atomic mass is 10.2. The highest BCUT2D eigenvalue weighted by Gasteiger charge is 2.27. The third-order valence-corrected chi connectivity index (χ3v) is 2.57. The molecule has 8 nitrogen and oxygen atoms in total. The van der Waals surface area contributed by atoms with Gasteiger partial charge in [-0.2, -0.15) is 0 Å². The van der Waals surface area contributed by atoms with Crippen LogP contribution in [0, 0.1) is 0 Å². The van der Waals surface area contributed by atoms with Crippen LogP contribution in [-0.2, 0) is 19.0 Å². The van der Waals surface area contributed by atoms with Gasteiger partial charge in [-0.3, -0.25) is 0 Å². The molecule has 0 heterocycles. The number of hydrogen-bond donors (Lipinski definition) is 2. The Morgan fingerprint density at radius 1 is 0.920 bits per heavy atom. The number of rotatable bonds is 7. The molecule has 0 unspecified atom stereocenters. The lowest BCUT2D eigenvalue weighted by Gasteiger charge is -2.24. The zero-order chi connectivity index (χ0) is 19.7. The smallest absolute Gasteiger partial charge is 0.408 e. The van der Waals surface area contributed by atoms with E-state index in [0.29, 0.717) is 6.42 Å². The van der Waals surface area contributed by atoms with Crippen LogP contribution in [-0.4, -0.2) is 48.6 Å². The fraction of sp³-hybridized carbons (Fsp3) is 0.824. The molecular weight excluding hydrogens is 328 g/mol. The van der Waals surface area contributed by atoms with Gasteiger partial charge in [0.15, 0.2) is 0 Å². The van der Waals surface area contributed by atoms with Crippen molar-refractivity contribution in [1.29, 1.82) is 0 Å². The maximum Gasteiger partial charge on any atom is 0.408 e. The van der Waals surface area contributed by atoms with Crippen LogP contribution in [0.2, 0.25) is 0 Å². The molecule has 146 valence electrons. The monoisotopic (exact) mass is 360 g/mol. The molecule has 1 atom stereocenters. The molecule has 0 fully saturated rings. The molecule has 0 aromatic carbocycles. The summed E-state index contributed by atoms with van der Waals surface area (Å²) in [5.74, 6) is -0.643. The van der Waals surface area contributed by atoms with Gasteiger partial charge in [0.25, 0.3) is 0 Å². The van der Waals surface area contributed by atoms with Gasteiger partial charge in [-0.1, -0.05) is 13.3 Å². The standard InChI is InChI=1S/C17H32N2O6/c1-8-9-10-23-13(20)12(19-15(22)25-17(5,6)7)11-18-14(21)24-16(2,3)4/h12H,8-11H2,1-7H3,(H,18,21)(H,19,22)/t12-/m1/s1. The Bertz CT molecular complexity index is 451. The van der Waals surface area contributed by atoms with Gasteiger partial charge in [0.1, 0.15) is 17.2 Å². The molecule has 0 aliphatic rings. The van der Waals surface area contributed by atoms with Crippen LogP contribution in [0.5, 0.6) is 0 Å². The summed E-state index contributed by atoms with van der Waals surface area (Å²) in [7, 11) is 0. The maximum absolute atomic E-state index is 12.1. The second-order valence-electron chi connectivity index (χ2n) is 7.60. The zero-order valence-corrected chi connectivity index (χ0v) is 16.4. The van der Waals surface area contributed by atoms with Crippen molar-refractivity contribution in [3.63, 3.8) is 0 Å². The topological polar surface area (TPSA) is 103 Å². The SMILES string of the molecule is CCCCOC(=O)[C@@H](CNC(=O)OC(C)(C)C)NC(=O)OC(C)(C)C. The van der Waals surface area contributed by atoms with Gasteiger partial charge in [-0.05, 0) is 48.0 Å². The highest BCUT2D eigenvalue weighted by molar-refractivity contribution is 5.82. The first-order chi connectivity index (χ1) is 11.3. The van der Waals surface area contributed by atoms with Crippen LogP contribution >= 0.6 is 0 Å². The third kappa shape index (κ3) is 13.0. The van der Waals surface area contributed by atoms with Crippen LogP contribution < -0.4 is 10.6 Å². The normalized spacial score (nSPS) is 12.8. The van der Waals surface area contributed by atoms with Crippen molar-refractivity contribution in [3.05, 3.63) is 0 Å². The predicted molar refractivity (Wildman–Crippen MR) is 93.3 cm³/mol. The lowest BCUT2D eigenvalue weighted by Crippen LogP contribution is -2.51. The minimum atomic E-state index is -1.07. The molecule has 0 aromatic rings. The molecular formula is C17H32N2O6. The van der Waals surface area contributed by atoms with Crippen molar-refractivity contribution in [1.82, 2.24) is 10.6 Å². The maximum atomic E-state index is 12.1. The molecule has 0 rings (SSSR count). The third-order valence-electron chi connectivity index (χ3n) is 2.57. The fourth-order valence-corrected chi connectivity index (χ4v) is 1.56. The first-order valence-electron chi connectivity index (χ1n) is 8.47. The van der Waals surface area contributed by atoms with Gasteiger partial charge in [-0.15, -0.1) is 0 Å². The van der Waals surface area contributed by atoms with Crippen molar-refractivity contribution in [3.8, 4) is 0 Å². The van der Waals surface area contributed by atoms with Crippen molar-refractivity contribution in [2.75, 3.05) is 13.2 Å². The molecule has 25 heavy (non-hydrogen) atoms. The number of ether oxygens (including phenoxy) is 3. The van der Waals surface area contributed by atoms with E-state index in [1.54, 1.807) is 41.5 Å². The van der Waals surface area contributed by atoms with Gasteiger partial charge >= 0.3 is 18.2 Å². The number of amides is 2. The Morgan fingerprint density at radius 2 is 1.44 bits per heavy atom. The largest absolute Gasteiger partial charge is 0.464 e. The molecule has 0 aliphatic carbocycles. The molecule has 8 heteroatoms. The first-order valence-corrected chi connectivity index (χ1v) is 8.47. The van der Waals surface area contributed by atoms with Crippen LogP contribution in [0.1, 0.15) is 61.3 Å². The average molecular weight is 360 g/mol. The Labute approximate surface area is 150 Å². The molecule has 0 aromatic heterocycles. The summed E-state index contributed by atoms with van der Waals surface area (Å²) in [5, 5.41) is 4.86. The summed E-state index contributed by atoms with van der Waals surface area (Å²) in [4.78, 5) is 35.8. The van der Waals surface area contributed by atoms with E-state index in [2.05, 4.69) is 10.6 Å². The van der Waals surface area contributed by atoms with E-state index in [9.17, 15) is 14.4 Å². The molecule has 2 N–H and O–H groups in total. The van der Waals surface area contributed by atoms with E-state index in [0.717, 1.165) is 6.42 Å². The minimum absolute atomic E-state index is 0.168. The van der Waals surface area contributed by atoms with Gasteiger partial charge in [0.2, 0.25) is 0 Å². The Hall–Kier alpha value is -1.99. The van der Waals surface area contributed by atoms with E-state index in [1.165, 1.54) is 0 Å². The van der Waals surface area contributed by atoms with Gasteiger partial charge in [0.05, 0.1) is 13.2 Å². The van der Waals surface area contributed by atoms with Crippen LogP contribution in [0.3, 0.4) is 0 Å². The molecule has 0 spiro atoms.